The number of hydrogen-bond acceptors (Lipinski definition) is 4. The second-order valence-corrected chi connectivity index (χ2v) is 9.29. The Morgan fingerprint density at radius 2 is 1.53 bits per heavy atom. The Balaban J connectivity index is 1.79. The molecule has 1 heterocycles. The quantitative estimate of drug-likeness (QED) is 0.626. The van der Waals surface area contributed by atoms with Gasteiger partial charge in [0.2, 0.25) is 0 Å². The predicted octanol–water partition coefficient (Wildman–Crippen LogP) is 4.71. The number of halogens is 1. The summed E-state index contributed by atoms with van der Waals surface area (Å²) in [5, 5.41) is 0.626. The van der Waals surface area contributed by atoms with Crippen LogP contribution >= 0.6 is 11.6 Å². The smallest absolute Gasteiger partial charge is 0.192 e. The molecule has 2 aromatic rings. The molecule has 0 amide bonds. The molecular formula is C25H24ClNO3. The number of carbonyl (C=O) groups is 3. The molecule has 2 aromatic carbocycles. The second-order valence-electron chi connectivity index (χ2n) is 8.85. The molecule has 3 aliphatic rings. The zero-order valence-electron chi connectivity index (χ0n) is 17.0. The Bertz CT molecular complexity index is 1030. The van der Waals surface area contributed by atoms with Gasteiger partial charge in [0.1, 0.15) is 5.78 Å². The highest BCUT2D eigenvalue weighted by Crippen LogP contribution is 2.62. The number of nitrogens with zero attached hydrogens (tertiary/aromatic N) is 1. The first-order valence-corrected chi connectivity index (χ1v) is 11.0. The minimum atomic E-state index is -1.46. The van der Waals surface area contributed by atoms with Crippen LogP contribution in [-0.2, 0) is 4.79 Å². The van der Waals surface area contributed by atoms with Crippen molar-refractivity contribution in [3.05, 3.63) is 70.2 Å². The molecular weight excluding hydrogens is 398 g/mol. The number of ketones is 3. The summed E-state index contributed by atoms with van der Waals surface area (Å²) in [5.41, 5.74) is -0.651. The molecule has 0 N–H and O–H groups in total. The van der Waals surface area contributed by atoms with Crippen molar-refractivity contribution in [1.29, 1.82) is 0 Å². The van der Waals surface area contributed by atoms with E-state index in [1.807, 2.05) is 36.2 Å². The predicted molar refractivity (Wildman–Crippen MR) is 115 cm³/mol. The van der Waals surface area contributed by atoms with Crippen LogP contribution in [0.15, 0.2) is 48.5 Å². The van der Waals surface area contributed by atoms with E-state index in [1.54, 1.807) is 24.3 Å². The van der Waals surface area contributed by atoms with Crippen LogP contribution < -0.4 is 0 Å². The number of likely N-dealkylation sites (N-methyl/N-ethyl adjacent to an activating group) is 1. The first-order chi connectivity index (χ1) is 14.4. The first kappa shape index (κ1) is 19.7. The number of likely N-dealkylation sites (tertiary alicyclic amines) is 1. The summed E-state index contributed by atoms with van der Waals surface area (Å²) in [6.45, 7) is 0.485. The monoisotopic (exact) mass is 421 g/mol. The van der Waals surface area contributed by atoms with Crippen molar-refractivity contribution in [1.82, 2.24) is 4.90 Å². The summed E-state index contributed by atoms with van der Waals surface area (Å²) in [6, 6.07) is 14.6. The molecule has 0 bridgehead atoms. The molecule has 154 valence electrons. The van der Waals surface area contributed by atoms with E-state index in [0.29, 0.717) is 35.5 Å². The van der Waals surface area contributed by atoms with Gasteiger partial charge in [-0.3, -0.25) is 19.3 Å². The van der Waals surface area contributed by atoms with Crippen molar-refractivity contribution in [2.75, 3.05) is 13.6 Å². The fourth-order valence-electron chi connectivity index (χ4n) is 6.35. The highest BCUT2D eigenvalue weighted by Gasteiger charge is 2.75. The van der Waals surface area contributed by atoms with Crippen molar-refractivity contribution in [2.24, 2.45) is 5.41 Å². The lowest BCUT2D eigenvalue weighted by molar-refractivity contribution is -0.132. The molecule has 5 heteroatoms. The Morgan fingerprint density at radius 1 is 0.900 bits per heavy atom. The number of carbonyl (C=O) groups excluding carboxylic acids is 3. The molecule has 2 spiro atoms. The highest BCUT2D eigenvalue weighted by molar-refractivity contribution is 6.35. The summed E-state index contributed by atoms with van der Waals surface area (Å²) >= 11 is 6.12. The van der Waals surface area contributed by atoms with Crippen LogP contribution in [0, 0.1) is 5.41 Å². The maximum Gasteiger partial charge on any atom is 0.192 e. The van der Waals surface area contributed by atoms with E-state index >= 15 is 0 Å². The molecule has 0 radical (unpaired) electrons. The average molecular weight is 422 g/mol. The Hall–Kier alpha value is -2.30. The molecule has 4 nitrogen and oxygen atoms in total. The lowest BCUT2D eigenvalue weighted by Crippen LogP contribution is -2.64. The van der Waals surface area contributed by atoms with Gasteiger partial charge in [-0.1, -0.05) is 60.8 Å². The number of rotatable bonds is 1. The van der Waals surface area contributed by atoms with E-state index in [4.69, 9.17) is 11.6 Å². The van der Waals surface area contributed by atoms with Gasteiger partial charge in [0, 0.05) is 35.0 Å². The lowest BCUT2D eigenvalue weighted by Gasteiger charge is -2.44. The van der Waals surface area contributed by atoms with Gasteiger partial charge in [-0.15, -0.1) is 0 Å². The zero-order valence-corrected chi connectivity index (χ0v) is 17.7. The average Bonchev–Trinajstić information content (AvgIpc) is 3.04. The molecule has 30 heavy (non-hydrogen) atoms. The van der Waals surface area contributed by atoms with E-state index in [2.05, 4.69) is 0 Å². The van der Waals surface area contributed by atoms with Gasteiger partial charge in [0.15, 0.2) is 17.1 Å². The molecule has 1 aliphatic heterocycles. The van der Waals surface area contributed by atoms with Crippen molar-refractivity contribution < 1.29 is 14.4 Å². The Morgan fingerprint density at radius 3 is 2.17 bits per heavy atom. The molecule has 1 saturated heterocycles. The molecule has 0 unspecified atom stereocenters. The highest BCUT2D eigenvalue weighted by atomic mass is 35.5. The van der Waals surface area contributed by atoms with Crippen molar-refractivity contribution in [2.45, 2.75) is 43.6 Å². The fourth-order valence-corrected chi connectivity index (χ4v) is 6.47. The number of benzene rings is 2. The number of Topliss-reactive ketones (excluding diaryl/α,β-unsaturated/α-hetero) is 3. The summed E-state index contributed by atoms with van der Waals surface area (Å²) in [5.74, 6) is -0.596. The third kappa shape index (κ3) is 2.29. The van der Waals surface area contributed by atoms with Crippen molar-refractivity contribution in [3.63, 3.8) is 0 Å². The Kier molecular flexibility index (Phi) is 4.49. The minimum Gasteiger partial charge on any atom is -0.299 e. The first-order valence-electron chi connectivity index (χ1n) is 10.6. The number of fused-ring (bicyclic) bond motifs is 2. The Labute approximate surface area is 181 Å². The fraction of sp³-hybridized carbons (Fsp3) is 0.400. The maximum absolute atomic E-state index is 14.0. The second kappa shape index (κ2) is 6.86. The van der Waals surface area contributed by atoms with E-state index in [-0.39, 0.29) is 23.3 Å². The molecule has 5 rings (SSSR count). The van der Waals surface area contributed by atoms with E-state index < -0.39 is 11.0 Å². The van der Waals surface area contributed by atoms with E-state index in [1.165, 1.54) is 0 Å². The molecule has 2 aliphatic carbocycles. The van der Waals surface area contributed by atoms with Gasteiger partial charge in [0.25, 0.3) is 0 Å². The SMILES string of the molecule is CN1C[C@H](c2ccc(Cl)cc2)[C@@]2(CCCCCC2=O)C12C(=O)c1ccccc1C2=O. The van der Waals surface area contributed by atoms with Crippen LogP contribution in [0.4, 0.5) is 0 Å². The van der Waals surface area contributed by atoms with Gasteiger partial charge >= 0.3 is 0 Å². The largest absolute Gasteiger partial charge is 0.299 e. The van der Waals surface area contributed by atoms with Gasteiger partial charge < -0.3 is 0 Å². The van der Waals surface area contributed by atoms with Crippen LogP contribution in [0.3, 0.4) is 0 Å². The van der Waals surface area contributed by atoms with Crippen molar-refractivity contribution >= 4 is 29.0 Å². The van der Waals surface area contributed by atoms with Crippen LogP contribution in [0.5, 0.6) is 0 Å². The molecule has 2 atom stereocenters. The summed E-state index contributed by atoms with van der Waals surface area (Å²) in [6.07, 6.45) is 3.55. The summed E-state index contributed by atoms with van der Waals surface area (Å²) < 4.78 is 0. The third-order valence-corrected chi connectivity index (χ3v) is 7.84. The normalized spacial score (nSPS) is 28.3. The lowest BCUT2D eigenvalue weighted by atomic mass is 9.57. The van der Waals surface area contributed by atoms with Crippen LogP contribution in [0.25, 0.3) is 0 Å². The zero-order chi connectivity index (χ0) is 21.1. The van der Waals surface area contributed by atoms with Gasteiger partial charge in [0.05, 0.1) is 5.41 Å². The summed E-state index contributed by atoms with van der Waals surface area (Å²) in [4.78, 5) is 43.7. The third-order valence-electron chi connectivity index (χ3n) is 7.59. The van der Waals surface area contributed by atoms with E-state index in [9.17, 15) is 14.4 Å². The standard InChI is InChI=1S/C25H24ClNO3/c1-27-15-20(16-10-12-17(26)13-11-16)24(14-6-2-3-9-21(24)28)25(27)22(29)18-7-4-5-8-19(18)23(25)30/h4-5,7-8,10-13,20H,2-3,6,9,14-15H2,1H3/t20-,24-/m1/s1. The van der Waals surface area contributed by atoms with Crippen molar-refractivity contribution in [3.8, 4) is 0 Å². The topological polar surface area (TPSA) is 54.5 Å². The van der Waals surface area contributed by atoms with Gasteiger partial charge in [-0.25, -0.2) is 0 Å². The van der Waals surface area contributed by atoms with Crippen LogP contribution in [0.2, 0.25) is 5.02 Å². The number of hydrogen-bond donors (Lipinski definition) is 0. The minimum absolute atomic E-state index is 0.0545. The van der Waals surface area contributed by atoms with Gasteiger partial charge in [-0.05, 0) is 37.6 Å². The van der Waals surface area contributed by atoms with Crippen LogP contribution in [-0.4, -0.2) is 41.4 Å². The molecule has 0 aromatic heterocycles. The molecule has 2 fully saturated rings. The summed E-state index contributed by atoms with van der Waals surface area (Å²) in [7, 11) is 1.83. The van der Waals surface area contributed by atoms with Gasteiger partial charge in [-0.2, -0.15) is 0 Å². The van der Waals surface area contributed by atoms with E-state index in [0.717, 1.165) is 24.8 Å². The van der Waals surface area contributed by atoms with Crippen LogP contribution in [0.1, 0.15) is 64.3 Å². The molecule has 1 saturated carbocycles. The maximum atomic E-state index is 14.0.